The lowest BCUT2D eigenvalue weighted by Crippen LogP contribution is -2.17. The normalized spacial score (nSPS) is 19.9. The lowest BCUT2D eigenvalue weighted by Gasteiger charge is -2.10. The van der Waals surface area contributed by atoms with Crippen LogP contribution in [0.3, 0.4) is 0 Å². The Kier molecular flexibility index (Phi) is 3.62. The van der Waals surface area contributed by atoms with Crippen molar-refractivity contribution in [3.63, 3.8) is 0 Å². The fourth-order valence-corrected chi connectivity index (χ4v) is 2.84. The molecule has 1 aliphatic rings. The van der Waals surface area contributed by atoms with Crippen LogP contribution >= 0.6 is 11.8 Å². The van der Waals surface area contributed by atoms with E-state index in [1.807, 2.05) is 19.1 Å². The SMILES string of the molecule is Cc1cccnc1CC1=NC(=O)C(C(C)C)S1. The maximum absolute atomic E-state index is 11.7. The maximum Gasteiger partial charge on any atom is 0.260 e. The molecular formula is C13H16N2OS. The summed E-state index contributed by atoms with van der Waals surface area (Å²) in [6.45, 7) is 6.14. The van der Waals surface area contributed by atoms with Gasteiger partial charge in [0.1, 0.15) is 0 Å². The van der Waals surface area contributed by atoms with E-state index in [0.717, 1.165) is 16.3 Å². The summed E-state index contributed by atoms with van der Waals surface area (Å²) in [6, 6.07) is 3.95. The second-order valence-electron chi connectivity index (χ2n) is 4.57. The molecule has 3 nitrogen and oxygen atoms in total. The van der Waals surface area contributed by atoms with Crippen LogP contribution in [-0.2, 0) is 11.2 Å². The second-order valence-corrected chi connectivity index (χ2v) is 5.78. The van der Waals surface area contributed by atoms with Gasteiger partial charge in [-0.2, -0.15) is 0 Å². The molecule has 0 saturated heterocycles. The largest absolute Gasteiger partial charge is 0.271 e. The number of carbonyl (C=O) groups is 1. The molecule has 0 spiro atoms. The van der Waals surface area contributed by atoms with Gasteiger partial charge in [0, 0.05) is 18.3 Å². The van der Waals surface area contributed by atoms with Gasteiger partial charge in [-0.15, -0.1) is 0 Å². The molecule has 0 bridgehead atoms. The minimum Gasteiger partial charge on any atom is -0.271 e. The third-order valence-electron chi connectivity index (χ3n) is 2.78. The van der Waals surface area contributed by atoms with Crippen LogP contribution < -0.4 is 0 Å². The number of nitrogens with zero attached hydrogens (tertiary/aromatic N) is 2. The van der Waals surface area contributed by atoms with Crippen molar-refractivity contribution in [2.45, 2.75) is 32.4 Å². The Bertz CT molecular complexity index is 468. The summed E-state index contributed by atoms with van der Waals surface area (Å²) >= 11 is 1.59. The molecule has 2 rings (SSSR count). The summed E-state index contributed by atoms with van der Waals surface area (Å²) < 4.78 is 0. The quantitative estimate of drug-likeness (QED) is 0.825. The van der Waals surface area contributed by atoms with Crippen LogP contribution in [0.5, 0.6) is 0 Å². The summed E-state index contributed by atoms with van der Waals surface area (Å²) in [5, 5.41) is 0.893. The highest BCUT2D eigenvalue weighted by Crippen LogP contribution is 2.29. The van der Waals surface area contributed by atoms with Crippen LogP contribution in [0.25, 0.3) is 0 Å². The van der Waals surface area contributed by atoms with E-state index in [-0.39, 0.29) is 11.2 Å². The number of carbonyl (C=O) groups excluding carboxylic acids is 1. The number of pyridine rings is 1. The van der Waals surface area contributed by atoms with E-state index < -0.39 is 0 Å². The highest BCUT2D eigenvalue weighted by atomic mass is 32.2. The molecule has 1 atom stereocenters. The number of thioether (sulfide) groups is 1. The van der Waals surface area contributed by atoms with Crippen molar-refractivity contribution in [1.29, 1.82) is 0 Å². The molecule has 1 aliphatic heterocycles. The third kappa shape index (κ3) is 2.75. The first-order valence-electron chi connectivity index (χ1n) is 5.76. The Morgan fingerprint density at radius 2 is 2.24 bits per heavy atom. The van der Waals surface area contributed by atoms with Gasteiger partial charge >= 0.3 is 0 Å². The Hall–Kier alpha value is -1.16. The van der Waals surface area contributed by atoms with Crippen molar-refractivity contribution >= 4 is 22.7 Å². The summed E-state index contributed by atoms with van der Waals surface area (Å²) in [7, 11) is 0. The van der Waals surface area contributed by atoms with Crippen LogP contribution in [0.4, 0.5) is 0 Å². The molecule has 0 N–H and O–H groups in total. The topological polar surface area (TPSA) is 42.3 Å². The van der Waals surface area contributed by atoms with E-state index in [9.17, 15) is 4.79 Å². The monoisotopic (exact) mass is 248 g/mol. The fourth-order valence-electron chi connectivity index (χ4n) is 1.76. The Morgan fingerprint density at radius 1 is 1.47 bits per heavy atom. The molecule has 0 aromatic carbocycles. The first kappa shape index (κ1) is 12.3. The van der Waals surface area contributed by atoms with E-state index in [2.05, 4.69) is 23.8 Å². The number of aliphatic imine (C=N–C) groups is 1. The van der Waals surface area contributed by atoms with Crippen molar-refractivity contribution in [2.75, 3.05) is 0 Å². The molecule has 1 aromatic rings. The summed E-state index contributed by atoms with van der Waals surface area (Å²) in [4.78, 5) is 20.1. The van der Waals surface area contributed by atoms with Gasteiger partial charge in [0.2, 0.25) is 0 Å². The first-order chi connectivity index (χ1) is 8.08. The maximum atomic E-state index is 11.7. The molecular weight excluding hydrogens is 232 g/mol. The number of hydrogen-bond donors (Lipinski definition) is 0. The van der Waals surface area contributed by atoms with Crippen LogP contribution in [0.15, 0.2) is 23.3 Å². The van der Waals surface area contributed by atoms with Crippen molar-refractivity contribution in [3.8, 4) is 0 Å². The predicted molar refractivity (Wildman–Crippen MR) is 71.3 cm³/mol. The number of aromatic nitrogens is 1. The van der Waals surface area contributed by atoms with Gasteiger partial charge < -0.3 is 0 Å². The smallest absolute Gasteiger partial charge is 0.260 e. The summed E-state index contributed by atoms with van der Waals surface area (Å²) in [5.41, 5.74) is 2.16. The first-order valence-corrected chi connectivity index (χ1v) is 6.64. The number of hydrogen-bond acceptors (Lipinski definition) is 3. The molecule has 4 heteroatoms. The molecule has 0 aliphatic carbocycles. The van der Waals surface area contributed by atoms with Gasteiger partial charge in [0.25, 0.3) is 5.91 Å². The molecule has 90 valence electrons. The standard InChI is InChI=1S/C13H16N2OS/c1-8(2)12-13(16)15-11(17-12)7-10-9(3)5-4-6-14-10/h4-6,8,12H,7H2,1-3H3. The second kappa shape index (κ2) is 5.00. The van der Waals surface area contributed by atoms with E-state index in [0.29, 0.717) is 12.3 Å². The predicted octanol–water partition coefficient (Wildman–Crippen LogP) is 2.63. The van der Waals surface area contributed by atoms with E-state index in [1.165, 1.54) is 0 Å². The zero-order valence-corrected chi connectivity index (χ0v) is 11.1. The van der Waals surface area contributed by atoms with E-state index >= 15 is 0 Å². The van der Waals surface area contributed by atoms with Crippen molar-refractivity contribution in [1.82, 2.24) is 4.98 Å². The lowest BCUT2D eigenvalue weighted by molar-refractivity contribution is -0.117. The average molecular weight is 248 g/mol. The zero-order chi connectivity index (χ0) is 12.4. The summed E-state index contributed by atoms with van der Waals surface area (Å²) in [6.07, 6.45) is 2.45. The van der Waals surface area contributed by atoms with Gasteiger partial charge in [0.15, 0.2) is 0 Å². The fraction of sp³-hybridized carbons (Fsp3) is 0.462. The van der Waals surface area contributed by atoms with E-state index in [1.54, 1.807) is 18.0 Å². The van der Waals surface area contributed by atoms with Crippen LogP contribution in [0.2, 0.25) is 0 Å². The zero-order valence-electron chi connectivity index (χ0n) is 10.3. The van der Waals surface area contributed by atoms with Crippen molar-refractivity contribution in [2.24, 2.45) is 10.9 Å². The number of amides is 1. The highest BCUT2D eigenvalue weighted by Gasteiger charge is 2.30. The minimum absolute atomic E-state index is 0.00554. The van der Waals surface area contributed by atoms with Crippen LogP contribution in [0, 0.1) is 12.8 Å². The molecule has 1 unspecified atom stereocenters. The minimum atomic E-state index is -0.00554. The van der Waals surface area contributed by atoms with E-state index in [4.69, 9.17) is 0 Å². The molecule has 1 amide bonds. The average Bonchev–Trinajstić information content (AvgIpc) is 2.63. The van der Waals surface area contributed by atoms with Crippen molar-refractivity contribution in [3.05, 3.63) is 29.6 Å². The number of aryl methyl sites for hydroxylation is 1. The van der Waals surface area contributed by atoms with Crippen molar-refractivity contribution < 1.29 is 4.79 Å². The van der Waals surface area contributed by atoms with Gasteiger partial charge in [-0.25, -0.2) is 4.99 Å². The summed E-state index contributed by atoms with van der Waals surface area (Å²) in [5.74, 6) is 0.340. The number of rotatable bonds is 3. The van der Waals surface area contributed by atoms with Gasteiger partial charge in [-0.05, 0) is 24.5 Å². The van der Waals surface area contributed by atoms with Gasteiger partial charge in [-0.3, -0.25) is 9.78 Å². The third-order valence-corrected chi connectivity index (χ3v) is 4.29. The molecule has 17 heavy (non-hydrogen) atoms. The molecule has 2 heterocycles. The lowest BCUT2D eigenvalue weighted by atomic mass is 10.1. The molecule has 0 fully saturated rings. The van der Waals surface area contributed by atoms with Crippen LogP contribution in [-0.4, -0.2) is 21.2 Å². The highest BCUT2D eigenvalue weighted by molar-refractivity contribution is 8.15. The van der Waals surface area contributed by atoms with Crippen LogP contribution in [0.1, 0.15) is 25.1 Å². The van der Waals surface area contributed by atoms with Gasteiger partial charge in [-0.1, -0.05) is 31.7 Å². The molecule has 0 saturated carbocycles. The molecule has 1 aromatic heterocycles. The molecule has 0 radical (unpaired) electrons. The Morgan fingerprint density at radius 3 is 2.82 bits per heavy atom. The van der Waals surface area contributed by atoms with Gasteiger partial charge in [0.05, 0.1) is 10.3 Å². The Balaban J connectivity index is 2.10. The Labute approximate surface area is 106 Å².